The molecule has 1 aliphatic rings. The van der Waals surface area contributed by atoms with Crippen LogP contribution in [-0.4, -0.2) is 37.8 Å². The standard InChI is InChI=1S/C25H28N2O4S/c1-19(31-24-12-8-10-20-9-4-5-11-23(20)24)25(28)26-21-13-15-22(16-14-21)32(29,30)27-17-6-2-3-7-18-27/h4-5,8-16,19H,2-3,6-7,17-18H2,1H3,(H,26,28)/t19-/m0/s1. The highest BCUT2D eigenvalue weighted by atomic mass is 32.2. The monoisotopic (exact) mass is 452 g/mol. The molecule has 0 unspecified atom stereocenters. The molecule has 0 spiro atoms. The molecule has 1 amide bonds. The molecule has 1 N–H and O–H groups in total. The average Bonchev–Trinajstić information content (AvgIpc) is 3.10. The van der Waals surface area contributed by atoms with E-state index in [1.165, 1.54) is 0 Å². The quantitative estimate of drug-likeness (QED) is 0.582. The van der Waals surface area contributed by atoms with Crippen LogP contribution in [0.3, 0.4) is 0 Å². The second kappa shape index (κ2) is 9.71. The molecule has 3 aromatic rings. The summed E-state index contributed by atoms with van der Waals surface area (Å²) >= 11 is 0. The maximum absolute atomic E-state index is 12.9. The number of nitrogens with zero attached hydrogens (tertiary/aromatic N) is 1. The van der Waals surface area contributed by atoms with Gasteiger partial charge in [0.15, 0.2) is 6.10 Å². The number of hydrogen-bond acceptors (Lipinski definition) is 4. The van der Waals surface area contributed by atoms with E-state index >= 15 is 0 Å². The zero-order valence-corrected chi connectivity index (χ0v) is 19.0. The number of nitrogens with one attached hydrogen (secondary N) is 1. The molecule has 0 bridgehead atoms. The minimum absolute atomic E-state index is 0.248. The first-order chi connectivity index (χ1) is 15.4. The molecule has 0 aromatic heterocycles. The number of benzene rings is 3. The summed E-state index contributed by atoms with van der Waals surface area (Å²) in [5, 5.41) is 4.79. The van der Waals surface area contributed by atoms with Crippen LogP contribution in [0.4, 0.5) is 5.69 Å². The van der Waals surface area contributed by atoms with Gasteiger partial charge in [-0.3, -0.25) is 4.79 Å². The van der Waals surface area contributed by atoms with E-state index in [0.717, 1.165) is 36.5 Å². The van der Waals surface area contributed by atoms with E-state index in [1.807, 2.05) is 42.5 Å². The van der Waals surface area contributed by atoms with Gasteiger partial charge < -0.3 is 10.1 Å². The Morgan fingerprint density at radius 1 is 0.906 bits per heavy atom. The lowest BCUT2D eigenvalue weighted by molar-refractivity contribution is -0.122. The first-order valence-corrected chi connectivity index (χ1v) is 12.4. The molecule has 1 aliphatic heterocycles. The van der Waals surface area contributed by atoms with Crippen LogP contribution in [0.2, 0.25) is 0 Å². The van der Waals surface area contributed by atoms with Crippen LogP contribution in [0, 0.1) is 0 Å². The van der Waals surface area contributed by atoms with Crippen molar-refractivity contribution < 1.29 is 17.9 Å². The second-order valence-electron chi connectivity index (χ2n) is 8.07. The fourth-order valence-corrected chi connectivity index (χ4v) is 5.44. The van der Waals surface area contributed by atoms with Crippen LogP contribution < -0.4 is 10.1 Å². The topological polar surface area (TPSA) is 75.7 Å². The van der Waals surface area contributed by atoms with Gasteiger partial charge in [0.1, 0.15) is 5.75 Å². The zero-order chi connectivity index (χ0) is 22.6. The summed E-state index contributed by atoms with van der Waals surface area (Å²) in [5.74, 6) is 0.339. The van der Waals surface area contributed by atoms with Crippen molar-refractivity contribution >= 4 is 32.4 Å². The lowest BCUT2D eigenvalue weighted by Crippen LogP contribution is -2.32. The van der Waals surface area contributed by atoms with Crippen molar-refractivity contribution in [2.45, 2.75) is 43.6 Å². The summed E-state index contributed by atoms with van der Waals surface area (Å²) in [7, 11) is -3.51. The first kappa shape index (κ1) is 22.3. The number of anilines is 1. The maximum atomic E-state index is 12.9. The van der Waals surface area contributed by atoms with E-state index in [4.69, 9.17) is 4.74 Å². The number of sulfonamides is 1. The smallest absolute Gasteiger partial charge is 0.265 e. The van der Waals surface area contributed by atoms with Gasteiger partial charge in [0, 0.05) is 24.2 Å². The summed E-state index contributed by atoms with van der Waals surface area (Å²) in [6.45, 7) is 2.81. The molecule has 32 heavy (non-hydrogen) atoms. The predicted octanol–water partition coefficient (Wildman–Crippen LogP) is 4.81. The molecule has 1 atom stereocenters. The third-order valence-corrected chi connectivity index (χ3v) is 7.66. The Labute approximate surface area is 189 Å². The van der Waals surface area contributed by atoms with Crippen molar-refractivity contribution in [1.29, 1.82) is 0 Å². The Bertz CT molecular complexity index is 1180. The van der Waals surface area contributed by atoms with Gasteiger partial charge in [-0.25, -0.2) is 8.42 Å². The Morgan fingerprint density at radius 2 is 1.56 bits per heavy atom. The number of amides is 1. The SMILES string of the molecule is C[C@H](Oc1cccc2ccccc12)C(=O)Nc1ccc(S(=O)(=O)N2CCCCCC2)cc1. The maximum Gasteiger partial charge on any atom is 0.265 e. The Morgan fingerprint density at radius 3 is 2.28 bits per heavy atom. The number of hydrogen-bond donors (Lipinski definition) is 1. The average molecular weight is 453 g/mol. The summed E-state index contributed by atoms with van der Waals surface area (Å²) in [5.41, 5.74) is 0.526. The second-order valence-corrected chi connectivity index (χ2v) is 10.0. The van der Waals surface area contributed by atoms with Gasteiger partial charge in [-0.05, 0) is 55.5 Å². The molecule has 1 saturated heterocycles. The lowest BCUT2D eigenvalue weighted by Gasteiger charge is -2.20. The summed E-state index contributed by atoms with van der Waals surface area (Å²) in [4.78, 5) is 12.9. The summed E-state index contributed by atoms with van der Waals surface area (Å²) in [6, 6.07) is 19.9. The van der Waals surface area contributed by atoms with Crippen LogP contribution in [0.5, 0.6) is 5.75 Å². The van der Waals surface area contributed by atoms with Gasteiger partial charge in [0.25, 0.3) is 5.91 Å². The Kier molecular flexibility index (Phi) is 6.77. The third-order valence-electron chi connectivity index (χ3n) is 5.75. The molecular formula is C25H28N2O4S. The van der Waals surface area contributed by atoms with Gasteiger partial charge >= 0.3 is 0 Å². The Hall–Kier alpha value is -2.90. The van der Waals surface area contributed by atoms with Crippen LogP contribution in [0.25, 0.3) is 10.8 Å². The number of carbonyl (C=O) groups excluding carboxylic acids is 1. The molecule has 168 valence electrons. The molecule has 6 nitrogen and oxygen atoms in total. The normalized spacial score (nSPS) is 16.3. The largest absolute Gasteiger partial charge is 0.480 e. The Balaban J connectivity index is 1.42. The van der Waals surface area contributed by atoms with Crippen molar-refractivity contribution in [2.24, 2.45) is 0 Å². The van der Waals surface area contributed by atoms with E-state index < -0.39 is 16.1 Å². The van der Waals surface area contributed by atoms with Gasteiger partial charge in [-0.2, -0.15) is 4.31 Å². The number of ether oxygens (including phenoxy) is 1. The molecule has 4 rings (SSSR count). The molecule has 0 saturated carbocycles. The van der Waals surface area contributed by atoms with Crippen molar-refractivity contribution in [1.82, 2.24) is 4.31 Å². The van der Waals surface area contributed by atoms with E-state index in [-0.39, 0.29) is 10.8 Å². The summed E-state index contributed by atoms with van der Waals surface area (Å²) < 4.78 is 33.3. The molecular weight excluding hydrogens is 424 g/mol. The van der Waals surface area contributed by atoms with Gasteiger partial charge in [-0.15, -0.1) is 0 Å². The van der Waals surface area contributed by atoms with Gasteiger partial charge in [0.05, 0.1) is 4.90 Å². The van der Waals surface area contributed by atoms with Crippen molar-refractivity contribution in [3.8, 4) is 5.75 Å². The fourth-order valence-electron chi connectivity index (χ4n) is 3.93. The van der Waals surface area contributed by atoms with Crippen LogP contribution >= 0.6 is 0 Å². The van der Waals surface area contributed by atoms with Crippen LogP contribution in [0.15, 0.2) is 71.6 Å². The molecule has 1 heterocycles. The minimum atomic E-state index is -3.51. The van der Waals surface area contributed by atoms with Crippen LogP contribution in [0.1, 0.15) is 32.6 Å². The number of rotatable bonds is 6. The van der Waals surface area contributed by atoms with Gasteiger partial charge in [0.2, 0.25) is 10.0 Å². The molecule has 1 fully saturated rings. The summed E-state index contributed by atoms with van der Waals surface area (Å²) in [6.07, 6.45) is 3.19. The van der Waals surface area contributed by atoms with Crippen molar-refractivity contribution in [3.63, 3.8) is 0 Å². The van der Waals surface area contributed by atoms with E-state index in [2.05, 4.69) is 5.32 Å². The highest BCUT2D eigenvalue weighted by Crippen LogP contribution is 2.26. The molecule has 3 aromatic carbocycles. The number of carbonyl (C=O) groups is 1. The molecule has 0 aliphatic carbocycles. The first-order valence-electron chi connectivity index (χ1n) is 11.0. The van der Waals surface area contributed by atoms with Crippen molar-refractivity contribution in [2.75, 3.05) is 18.4 Å². The lowest BCUT2D eigenvalue weighted by atomic mass is 10.1. The van der Waals surface area contributed by atoms with Crippen molar-refractivity contribution in [3.05, 3.63) is 66.7 Å². The highest BCUT2D eigenvalue weighted by molar-refractivity contribution is 7.89. The van der Waals surface area contributed by atoms with E-state index in [1.54, 1.807) is 35.5 Å². The molecule has 0 radical (unpaired) electrons. The minimum Gasteiger partial charge on any atom is -0.480 e. The van der Waals surface area contributed by atoms with E-state index in [0.29, 0.717) is 24.5 Å². The fraction of sp³-hybridized carbons (Fsp3) is 0.320. The predicted molar refractivity (Wildman–Crippen MR) is 126 cm³/mol. The third kappa shape index (κ3) is 4.95. The highest BCUT2D eigenvalue weighted by Gasteiger charge is 2.25. The van der Waals surface area contributed by atoms with E-state index in [9.17, 15) is 13.2 Å². The number of fused-ring (bicyclic) bond motifs is 1. The van der Waals surface area contributed by atoms with Gasteiger partial charge in [-0.1, -0.05) is 49.2 Å². The van der Waals surface area contributed by atoms with Crippen LogP contribution in [-0.2, 0) is 14.8 Å². The molecule has 7 heteroatoms. The zero-order valence-electron chi connectivity index (χ0n) is 18.2.